The van der Waals surface area contributed by atoms with Gasteiger partial charge in [-0.1, -0.05) is 49.4 Å². The smallest absolute Gasteiger partial charge is 0.257 e. The van der Waals surface area contributed by atoms with Crippen LogP contribution in [0.25, 0.3) is 10.8 Å². The molecular weight excluding hydrogens is 316 g/mol. The molecule has 4 heteroatoms. The Hall–Kier alpha value is -2.72. The summed E-state index contributed by atoms with van der Waals surface area (Å²) >= 11 is 5.24. The van der Waals surface area contributed by atoms with Gasteiger partial charge in [-0.05, 0) is 59.2 Å². The lowest BCUT2D eigenvalue weighted by atomic mass is 10.1. The van der Waals surface area contributed by atoms with Gasteiger partial charge in [-0.3, -0.25) is 10.1 Å². The van der Waals surface area contributed by atoms with Crippen LogP contribution in [0.5, 0.6) is 0 Å². The Labute approximate surface area is 146 Å². The highest BCUT2D eigenvalue weighted by Crippen LogP contribution is 2.18. The highest BCUT2D eigenvalue weighted by molar-refractivity contribution is 7.80. The highest BCUT2D eigenvalue weighted by Gasteiger charge is 2.08. The molecule has 0 aliphatic rings. The highest BCUT2D eigenvalue weighted by atomic mass is 32.1. The summed E-state index contributed by atoms with van der Waals surface area (Å²) < 4.78 is 0. The van der Waals surface area contributed by atoms with Gasteiger partial charge in [0.25, 0.3) is 5.91 Å². The number of rotatable bonds is 3. The molecule has 0 spiro atoms. The van der Waals surface area contributed by atoms with Crippen molar-refractivity contribution in [3.63, 3.8) is 0 Å². The number of amides is 1. The number of aryl methyl sites for hydroxylation is 1. The van der Waals surface area contributed by atoms with Gasteiger partial charge in [0.15, 0.2) is 5.11 Å². The second-order valence-electron chi connectivity index (χ2n) is 5.52. The maximum Gasteiger partial charge on any atom is 0.257 e. The van der Waals surface area contributed by atoms with Gasteiger partial charge in [-0.2, -0.15) is 0 Å². The molecule has 0 radical (unpaired) electrons. The van der Waals surface area contributed by atoms with E-state index in [2.05, 4.69) is 23.6 Å². The molecule has 24 heavy (non-hydrogen) atoms. The van der Waals surface area contributed by atoms with Crippen LogP contribution in [0.4, 0.5) is 5.69 Å². The number of carbonyl (C=O) groups is 1. The monoisotopic (exact) mass is 334 g/mol. The molecule has 3 aromatic carbocycles. The van der Waals surface area contributed by atoms with Crippen molar-refractivity contribution in [2.45, 2.75) is 13.3 Å². The molecule has 0 aliphatic carbocycles. The van der Waals surface area contributed by atoms with Gasteiger partial charge in [-0.25, -0.2) is 0 Å². The van der Waals surface area contributed by atoms with E-state index in [1.165, 1.54) is 5.56 Å². The summed E-state index contributed by atoms with van der Waals surface area (Å²) in [5.41, 5.74) is 2.64. The lowest BCUT2D eigenvalue weighted by molar-refractivity contribution is 0.0977. The van der Waals surface area contributed by atoms with Gasteiger partial charge < -0.3 is 5.32 Å². The van der Waals surface area contributed by atoms with Gasteiger partial charge >= 0.3 is 0 Å². The molecule has 0 aromatic heterocycles. The Morgan fingerprint density at radius 2 is 1.67 bits per heavy atom. The van der Waals surface area contributed by atoms with Crippen LogP contribution in [-0.2, 0) is 6.42 Å². The van der Waals surface area contributed by atoms with Crippen molar-refractivity contribution in [3.05, 3.63) is 77.9 Å². The van der Waals surface area contributed by atoms with E-state index >= 15 is 0 Å². The van der Waals surface area contributed by atoms with Crippen molar-refractivity contribution in [3.8, 4) is 0 Å². The van der Waals surface area contributed by atoms with Crippen LogP contribution in [-0.4, -0.2) is 11.0 Å². The van der Waals surface area contributed by atoms with E-state index in [9.17, 15) is 4.79 Å². The Morgan fingerprint density at radius 1 is 0.958 bits per heavy atom. The molecule has 3 rings (SSSR count). The number of hydrogen-bond acceptors (Lipinski definition) is 2. The molecule has 0 atom stereocenters. The average Bonchev–Trinajstić information content (AvgIpc) is 2.61. The molecule has 0 unspecified atom stereocenters. The third-order valence-electron chi connectivity index (χ3n) is 3.86. The van der Waals surface area contributed by atoms with Crippen molar-refractivity contribution in [2.24, 2.45) is 0 Å². The molecule has 0 fully saturated rings. The number of nitrogens with one attached hydrogen (secondary N) is 2. The summed E-state index contributed by atoms with van der Waals surface area (Å²) in [6.45, 7) is 2.08. The minimum Gasteiger partial charge on any atom is -0.332 e. The topological polar surface area (TPSA) is 41.1 Å². The molecule has 1 amide bonds. The molecule has 3 aromatic rings. The van der Waals surface area contributed by atoms with Crippen LogP contribution >= 0.6 is 12.2 Å². The third kappa shape index (κ3) is 3.78. The second kappa shape index (κ2) is 7.23. The largest absolute Gasteiger partial charge is 0.332 e. The van der Waals surface area contributed by atoms with Gasteiger partial charge in [0.05, 0.1) is 0 Å². The standard InChI is InChI=1S/C20H18N2OS/c1-2-14-7-9-16(10-8-14)19(23)22-20(24)21-18-12-11-15-5-3-4-6-17(15)13-18/h3-13H,2H2,1H3,(H2,21,22,23,24). The van der Waals surface area contributed by atoms with Crippen molar-refractivity contribution < 1.29 is 4.79 Å². The summed E-state index contributed by atoms with van der Waals surface area (Å²) in [4.78, 5) is 12.2. The van der Waals surface area contributed by atoms with E-state index in [0.29, 0.717) is 5.56 Å². The summed E-state index contributed by atoms with van der Waals surface area (Å²) in [5.74, 6) is -0.212. The van der Waals surface area contributed by atoms with Crippen LogP contribution in [0.1, 0.15) is 22.8 Å². The zero-order valence-electron chi connectivity index (χ0n) is 13.4. The van der Waals surface area contributed by atoms with Crippen LogP contribution in [0.2, 0.25) is 0 Å². The number of fused-ring (bicyclic) bond motifs is 1. The second-order valence-corrected chi connectivity index (χ2v) is 5.93. The van der Waals surface area contributed by atoms with Crippen molar-refractivity contribution in [1.29, 1.82) is 0 Å². The molecule has 0 heterocycles. The minimum absolute atomic E-state index is 0.212. The normalized spacial score (nSPS) is 10.4. The van der Waals surface area contributed by atoms with Gasteiger partial charge in [0.1, 0.15) is 0 Å². The first-order valence-electron chi connectivity index (χ1n) is 7.86. The van der Waals surface area contributed by atoms with Crippen LogP contribution in [0.3, 0.4) is 0 Å². The molecule has 0 saturated heterocycles. The zero-order valence-corrected chi connectivity index (χ0v) is 14.2. The van der Waals surface area contributed by atoms with E-state index in [1.807, 2.05) is 60.7 Å². The quantitative estimate of drug-likeness (QED) is 0.692. The van der Waals surface area contributed by atoms with E-state index in [-0.39, 0.29) is 11.0 Å². The molecule has 0 saturated carbocycles. The molecule has 0 aliphatic heterocycles. The van der Waals surface area contributed by atoms with Crippen LogP contribution < -0.4 is 10.6 Å². The summed E-state index contributed by atoms with van der Waals surface area (Å²) in [6.07, 6.45) is 0.948. The predicted molar refractivity (Wildman–Crippen MR) is 103 cm³/mol. The minimum atomic E-state index is -0.212. The number of hydrogen-bond donors (Lipinski definition) is 2. The van der Waals surface area contributed by atoms with Crippen LogP contribution in [0.15, 0.2) is 66.7 Å². The van der Waals surface area contributed by atoms with E-state index in [1.54, 1.807) is 0 Å². The number of anilines is 1. The fourth-order valence-corrected chi connectivity index (χ4v) is 2.71. The van der Waals surface area contributed by atoms with E-state index in [4.69, 9.17) is 12.2 Å². The molecule has 2 N–H and O–H groups in total. The Balaban J connectivity index is 1.66. The number of thiocarbonyl (C=S) groups is 1. The van der Waals surface area contributed by atoms with E-state index < -0.39 is 0 Å². The van der Waals surface area contributed by atoms with Crippen molar-refractivity contribution in [1.82, 2.24) is 5.32 Å². The maximum absolute atomic E-state index is 12.2. The van der Waals surface area contributed by atoms with Crippen molar-refractivity contribution in [2.75, 3.05) is 5.32 Å². The predicted octanol–water partition coefficient (Wildman–Crippen LogP) is 4.53. The van der Waals surface area contributed by atoms with E-state index in [0.717, 1.165) is 22.9 Å². The molecule has 120 valence electrons. The van der Waals surface area contributed by atoms with Gasteiger partial charge in [0.2, 0.25) is 0 Å². The Bertz CT molecular complexity index is 888. The van der Waals surface area contributed by atoms with Crippen LogP contribution in [0, 0.1) is 0 Å². The first-order chi connectivity index (χ1) is 11.7. The average molecular weight is 334 g/mol. The number of benzene rings is 3. The van der Waals surface area contributed by atoms with Crippen molar-refractivity contribution >= 4 is 39.7 Å². The van der Waals surface area contributed by atoms with Gasteiger partial charge in [-0.15, -0.1) is 0 Å². The Morgan fingerprint density at radius 3 is 2.38 bits per heavy atom. The Kier molecular flexibility index (Phi) is 4.87. The fraction of sp³-hybridized carbons (Fsp3) is 0.100. The summed E-state index contributed by atoms with van der Waals surface area (Å²) in [5, 5.41) is 8.33. The first-order valence-corrected chi connectivity index (χ1v) is 8.26. The first kappa shape index (κ1) is 16.1. The summed E-state index contributed by atoms with van der Waals surface area (Å²) in [7, 11) is 0. The summed E-state index contributed by atoms with van der Waals surface area (Å²) in [6, 6.07) is 21.6. The molecule has 0 bridgehead atoms. The fourth-order valence-electron chi connectivity index (χ4n) is 2.50. The number of carbonyl (C=O) groups excluding carboxylic acids is 1. The van der Waals surface area contributed by atoms with Gasteiger partial charge in [0, 0.05) is 11.3 Å². The molecule has 3 nitrogen and oxygen atoms in total. The zero-order chi connectivity index (χ0) is 16.9. The lowest BCUT2D eigenvalue weighted by Crippen LogP contribution is -2.34. The maximum atomic E-state index is 12.2. The lowest BCUT2D eigenvalue weighted by Gasteiger charge is -2.10. The third-order valence-corrected chi connectivity index (χ3v) is 4.06. The molecular formula is C20H18N2OS. The SMILES string of the molecule is CCc1ccc(C(=O)NC(=S)Nc2ccc3ccccc3c2)cc1.